The molecular weight excluding hydrogens is 356 g/mol. The van der Waals surface area contributed by atoms with Crippen LogP contribution in [0.15, 0.2) is 42.5 Å². The fourth-order valence-corrected chi connectivity index (χ4v) is 3.40. The Kier molecular flexibility index (Phi) is 6.90. The topological polar surface area (TPSA) is 60.0 Å². The summed E-state index contributed by atoms with van der Waals surface area (Å²) in [4.78, 5) is 15.1. The highest BCUT2D eigenvalue weighted by atomic mass is 16.5. The molecule has 0 saturated carbocycles. The zero-order chi connectivity index (χ0) is 19.9. The van der Waals surface area contributed by atoms with Crippen molar-refractivity contribution in [1.82, 2.24) is 10.2 Å². The van der Waals surface area contributed by atoms with Crippen LogP contribution in [-0.2, 0) is 4.74 Å². The number of rotatable bonds is 7. The van der Waals surface area contributed by atoms with E-state index in [4.69, 9.17) is 14.2 Å². The monoisotopic (exact) mass is 384 g/mol. The molecule has 2 aromatic rings. The van der Waals surface area contributed by atoms with Crippen molar-refractivity contribution in [3.63, 3.8) is 0 Å². The first kappa shape index (κ1) is 20.2. The van der Waals surface area contributed by atoms with E-state index in [2.05, 4.69) is 41.4 Å². The summed E-state index contributed by atoms with van der Waals surface area (Å²) < 4.78 is 16.0. The summed E-state index contributed by atoms with van der Waals surface area (Å²) >= 11 is 0. The Balaban J connectivity index is 1.73. The van der Waals surface area contributed by atoms with Crippen LogP contribution in [0, 0.1) is 6.92 Å². The van der Waals surface area contributed by atoms with E-state index >= 15 is 0 Å². The third kappa shape index (κ3) is 4.82. The van der Waals surface area contributed by atoms with E-state index in [-0.39, 0.29) is 11.9 Å². The number of morpholine rings is 1. The van der Waals surface area contributed by atoms with Gasteiger partial charge >= 0.3 is 0 Å². The number of aryl methyl sites for hydroxylation is 1. The third-order valence-corrected chi connectivity index (χ3v) is 5.05. The van der Waals surface area contributed by atoms with Crippen LogP contribution in [0.1, 0.15) is 27.5 Å². The summed E-state index contributed by atoms with van der Waals surface area (Å²) in [6, 6.07) is 13.8. The molecule has 6 heteroatoms. The molecule has 1 aliphatic rings. The molecule has 1 N–H and O–H groups in total. The number of amides is 1. The summed E-state index contributed by atoms with van der Waals surface area (Å²) in [5.41, 5.74) is 2.96. The number of hydrogen-bond acceptors (Lipinski definition) is 5. The van der Waals surface area contributed by atoms with Crippen molar-refractivity contribution in [2.75, 3.05) is 47.1 Å². The summed E-state index contributed by atoms with van der Waals surface area (Å²) in [6.45, 7) is 5.73. The predicted octanol–water partition coefficient (Wildman–Crippen LogP) is 2.82. The molecule has 1 unspecified atom stereocenters. The van der Waals surface area contributed by atoms with Crippen LogP contribution in [0.4, 0.5) is 0 Å². The Morgan fingerprint density at radius 1 is 1.07 bits per heavy atom. The molecule has 2 aromatic carbocycles. The molecule has 0 radical (unpaired) electrons. The summed E-state index contributed by atoms with van der Waals surface area (Å²) in [5, 5.41) is 3.08. The summed E-state index contributed by atoms with van der Waals surface area (Å²) in [6.07, 6.45) is 0. The van der Waals surface area contributed by atoms with Gasteiger partial charge in [0.15, 0.2) is 11.5 Å². The zero-order valence-corrected chi connectivity index (χ0v) is 16.7. The van der Waals surface area contributed by atoms with E-state index < -0.39 is 0 Å². The average Bonchev–Trinajstić information content (AvgIpc) is 2.75. The number of benzene rings is 2. The lowest BCUT2D eigenvalue weighted by Gasteiger charge is -2.35. The molecule has 0 aromatic heterocycles. The summed E-state index contributed by atoms with van der Waals surface area (Å²) in [5.74, 6) is 1.01. The number of carbonyl (C=O) groups excluding carboxylic acids is 1. The Morgan fingerprint density at radius 2 is 1.75 bits per heavy atom. The first-order chi connectivity index (χ1) is 13.6. The van der Waals surface area contributed by atoms with Gasteiger partial charge in [-0.3, -0.25) is 9.69 Å². The van der Waals surface area contributed by atoms with E-state index in [1.807, 2.05) is 0 Å². The molecule has 1 atom stereocenters. The van der Waals surface area contributed by atoms with Crippen LogP contribution in [0.5, 0.6) is 11.5 Å². The van der Waals surface area contributed by atoms with Crippen LogP contribution >= 0.6 is 0 Å². The lowest BCUT2D eigenvalue weighted by Crippen LogP contribution is -2.43. The fraction of sp³-hybridized carbons (Fsp3) is 0.409. The van der Waals surface area contributed by atoms with Crippen molar-refractivity contribution in [2.45, 2.75) is 13.0 Å². The smallest absolute Gasteiger partial charge is 0.251 e. The number of ether oxygens (including phenoxy) is 3. The van der Waals surface area contributed by atoms with Gasteiger partial charge in [-0.05, 0) is 30.7 Å². The van der Waals surface area contributed by atoms with Crippen molar-refractivity contribution in [3.05, 3.63) is 59.2 Å². The first-order valence-electron chi connectivity index (χ1n) is 9.51. The van der Waals surface area contributed by atoms with Gasteiger partial charge in [-0.1, -0.05) is 29.8 Å². The quantitative estimate of drug-likeness (QED) is 0.795. The van der Waals surface area contributed by atoms with Crippen LogP contribution in [0.3, 0.4) is 0 Å². The molecule has 1 fully saturated rings. The van der Waals surface area contributed by atoms with Gasteiger partial charge in [0.1, 0.15) is 0 Å². The molecule has 1 aliphatic heterocycles. The van der Waals surface area contributed by atoms with Crippen molar-refractivity contribution in [2.24, 2.45) is 0 Å². The molecule has 3 rings (SSSR count). The minimum atomic E-state index is -0.133. The number of carbonyl (C=O) groups is 1. The predicted molar refractivity (Wildman–Crippen MR) is 108 cm³/mol. The minimum Gasteiger partial charge on any atom is -0.493 e. The third-order valence-electron chi connectivity index (χ3n) is 5.05. The van der Waals surface area contributed by atoms with Crippen molar-refractivity contribution in [3.8, 4) is 11.5 Å². The van der Waals surface area contributed by atoms with E-state index in [0.717, 1.165) is 13.1 Å². The van der Waals surface area contributed by atoms with Crippen LogP contribution < -0.4 is 14.8 Å². The minimum absolute atomic E-state index is 0.105. The van der Waals surface area contributed by atoms with E-state index in [1.165, 1.54) is 11.1 Å². The molecule has 6 nitrogen and oxygen atoms in total. The van der Waals surface area contributed by atoms with Gasteiger partial charge in [-0.2, -0.15) is 0 Å². The average molecular weight is 384 g/mol. The maximum absolute atomic E-state index is 12.7. The fourth-order valence-electron chi connectivity index (χ4n) is 3.40. The largest absolute Gasteiger partial charge is 0.493 e. The van der Waals surface area contributed by atoms with Gasteiger partial charge in [-0.15, -0.1) is 0 Å². The highest BCUT2D eigenvalue weighted by Gasteiger charge is 2.23. The van der Waals surface area contributed by atoms with Gasteiger partial charge in [0.2, 0.25) is 0 Å². The number of hydrogen-bond donors (Lipinski definition) is 1. The van der Waals surface area contributed by atoms with Gasteiger partial charge in [-0.25, -0.2) is 0 Å². The van der Waals surface area contributed by atoms with Crippen molar-refractivity contribution >= 4 is 5.91 Å². The van der Waals surface area contributed by atoms with E-state index in [9.17, 15) is 4.79 Å². The maximum atomic E-state index is 12.7. The normalized spacial score (nSPS) is 15.7. The summed E-state index contributed by atoms with van der Waals surface area (Å²) in [7, 11) is 3.14. The molecule has 28 heavy (non-hydrogen) atoms. The number of nitrogens with one attached hydrogen (secondary N) is 1. The Bertz CT molecular complexity index is 786. The second kappa shape index (κ2) is 9.57. The SMILES string of the molecule is COc1ccc(C(=O)NCC(c2ccc(C)cc2)N2CCOCC2)cc1OC. The molecule has 1 amide bonds. The molecule has 150 valence electrons. The van der Waals surface area contributed by atoms with Crippen LogP contribution in [0.25, 0.3) is 0 Å². The Hall–Kier alpha value is -2.57. The molecule has 1 saturated heterocycles. The van der Waals surface area contributed by atoms with E-state index in [1.54, 1.807) is 32.4 Å². The molecule has 1 heterocycles. The molecule has 0 aliphatic carbocycles. The second-order valence-electron chi connectivity index (χ2n) is 6.85. The van der Waals surface area contributed by atoms with Gasteiger partial charge in [0.25, 0.3) is 5.91 Å². The first-order valence-corrected chi connectivity index (χ1v) is 9.51. The van der Waals surface area contributed by atoms with Gasteiger partial charge < -0.3 is 19.5 Å². The standard InChI is InChI=1S/C22H28N2O4/c1-16-4-6-17(7-5-16)19(24-10-12-28-13-11-24)15-23-22(25)18-8-9-20(26-2)21(14-18)27-3/h4-9,14,19H,10-13,15H2,1-3H3,(H,23,25). The molecular formula is C22H28N2O4. The van der Waals surface area contributed by atoms with Crippen molar-refractivity contribution in [1.29, 1.82) is 0 Å². The van der Waals surface area contributed by atoms with Crippen LogP contribution in [0.2, 0.25) is 0 Å². The Labute approximate surface area is 166 Å². The number of methoxy groups -OCH3 is 2. The molecule has 0 spiro atoms. The zero-order valence-electron chi connectivity index (χ0n) is 16.7. The lowest BCUT2D eigenvalue weighted by atomic mass is 10.0. The van der Waals surface area contributed by atoms with Crippen molar-refractivity contribution < 1.29 is 19.0 Å². The van der Waals surface area contributed by atoms with Gasteiger partial charge in [0.05, 0.1) is 33.5 Å². The molecule has 0 bridgehead atoms. The highest BCUT2D eigenvalue weighted by molar-refractivity contribution is 5.94. The second-order valence-corrected chi connectivity index (χ2v) is 6.85. The Morgan fingerprint density at radius 3 is 2.39 bits per heavy atom. The maximum Gasteiger partial charge on any atom is 0.251 e. The van der Waals surface area contributed by atoms with Gasteiger partial charge in [0, 0.05) is 25.2 Å². The van der Waals surface area contributed by atoms with E-state index in [0.29, 0.717) is 36.8 Å². The highest BCUT2D eigenvalue weighted by Crippen LogP contribution is 2.28. The lowest BCUT2D eigenvalue weighted by molar-refractivity contribution is 0.0162. The number of nitrogens with zero attached hydrogens (tertiary/aromatic N) is 1. The van der Waals surface area contributed by atoms with Crippen LogP contribution in [-0.4, -0.2) is 57.9 Å².